The summed E-state index contributed by atoms with van der Waals surface area (Å²) >= 11 is 0. The Kier molecular flexibility index (Phi) is 5.97. The van der Waals surface area contributed by atoms with E-state index in [1.54, 1.807) is 0 Å². The summed E-state index contributed by atoms with van der Waals surface area (Å²) in [4.78, 5) is 0. The molecule has 1 aliphatic carbocycles. The van der Waals surface area contributed by atoms with Gasteiger partial charge in [-0.3, -0.25) is 0 Å². The van der Waals surface area contributed by atoms with E-state index < -0.39 is 6.17 Å². The number of alkyl halides is 1. The van der Waals surface area contributed by atoms with Crippen LogP contribution in [0.5, 0.6) is 5.75 Å². The molecule has 1 heterocycles. The Balaban J connectivity index is 0.000000181. The molecule has 122 valence electrons. The van der Waals surface area contributed by atoms with Crippen LogP contribution in [0.15, 0.2) is 66.9 Å². The van der Waals surface area contributed by atoms with Crippen LogP contribution in [-0.4, -0.2) is 6.17 Å². The lowest BCUT2D eigenvalue weighted by Gasteiger charge is -2.44. The van der Waals surface area contributed by atoms with E-state index in [9.17, 15) is 4.39 Å². The number of halogens is 1. The smallest absolute Gasteiger partial charge is 0.130 e. The second kappa shape index (κ2) is 7.96. The van der Waals surface area contributed by atoms with E-state index in [1.807, 2.05) is 56.3 Å². The van der Waals surface area contributed by atoms with Crippen LogP contribution in [0, 0.1) is 12.8 Å². The zero-order valence-corrected chi connectivity index (χ0v) is 14.1. The standard InChI is InChI=1S/C12H11FO.C7H8.C2H6/c1-7-12-9(6-10(12)13)8-4-2-3-5-11(8)14-7;1-7-5-3-2-4-6-7;1-2/h2-5,9-10,12H,1,6H2;2-6H,1H3;1-2H3/t9-,10?,12?;;/m1../s1. The largest absolute Gasteiger partial charge is 0.462 e. The van der Waals surface area contributed by atoms with Gasteiger partial charge in [0.25, 0.3) is 0 Å². The highest BCUT2D eigenvalue weighted by atomic mass is 19.1. The summed E-state index contributed by atoms with van der Waals surface area (Å²) < 4.78 is 18.8. The van der Waals surface area contributed by atoms with Crippen LogP contribution in [0.3, 0.4) is 0 Å². The van der Waals surface area contributed by atoms with Crippen molar-refractivity contribution in [3.05, 3.63) is 78.1 Å². The number of aryl methyl sites for hydroxylation is 1. The van der Waals surface area contributed by atoms with Gasteiger partial charge >= 0.3 is 0 Å². The van der Waals surface area contributed by atoms with E-state index in [4.69, 9.17) is 4.74 Å². The first kappa shape index (κ1) is 17.3. The number of fused-ring (bicyclic) bond motifs is 3. The van der Waals surface area contributed by atoms with Gasteiger partial charge in [-0.15, -0.1) is 0 Å². The molecule has 0 amide bonds. The van der Waals surface area contributed by atoms with Crippen LogP contribution in [-0.2, 0) is 0 Å². The third-order valence-electron chi connectivity index (χ3n) is 4.17. The summed E-state index contributed by atoms with van der Waals surface area (Å²) in [7, 11) is 0. The quantitative estimate of drug-likeness (QED) is 0.575. The highest BCUT2D eigenvalue weighted by molar-refractivity contribution is 5.44. The fourth-order valence-corrected chi connectivity index (χ4v) is 2.96. The summed E-state index contributed by atoms with van der Waals surface area (Å²) in [5.74, 6) is 1.63. The average molecular weight is 312 g/mol. The highest BCUT2D eigenvalue weighted by Crippen LogP contribution is 2.53. The maximum Gasteiger partial charge on any atom is 0.130 e. The molecule has 0 bridgehead atoms. The predicted octanol–water partition coefficient (Wildman–Crippen LogP) is 6.06. The maximum absolute atomic E-state index is 13.3. The van der Waals surface area contributed by atoms with Gasteiger partial charge in [-0.2, -0.15) is 0 Å². The maximum atomic E-state index is 13.3. The number of hydrogen-bond acceptors (Lipinski definition) is 1. The SMILES string of the molecule is C=C1Oc2ccccc2[C@H]2CC(F)C12.CC.Cc1ccccc1. The van der Waals surface area contributed by atoms with Crippen LogP contribution in [0.2, 0.25) is 0 Å². The molecule has 1 nitrogen and oxygen atoms in total. The molecular weight excluding hydrogens is 287 g/mol. The lowest BCUT2D eigenvalue weighted by atomic mass is 9.66. The van der Waals surface area contributed by atoms with Gasteiger partial charge in [0.2, 0.25) is 0 Å². The Labute approximate surface area is 138 Å². The van der Waals surface area contributed by atoms with Crippen molar-refractivity contribution in [3.8, 4) is 5.75 Å². The monoisotopic (exact) mass is 312 g/mol. The van der Waals surface area contributed by atoms with Crippen molar-refractivity contribution in [1.29, 1.82) is 0 Å². The number of hydrogen-bond donors (Lipinski definition) is 0. The van der Waals surface area contributed by atoms with E-state index in [2.05, 4.69) is 25.6 Å². The molecule has 0 saturated heterocycles. The first-order valence-electron chi connectivity index (χ1n) is 8.28. The molecule has 2 unspecified atom stereocenters. The molecule has 1 saturated carbocycles. The van der Waals surface area contributed by atoms with E-state index in [0.29, 0.717) is 18.1 Å². The predicted molar refractivity (Wildman–Crippen MR) is 94.5 cm³/mol. The van der Waals surface area contributed by atoms with Gasteiger partial charge in [0.05, 0.1) is 5.92 Å². The van der Waals surface area contributed by atoms with Crippen molar-refractivity contribution >= 4 is 0 Å². The van der Waals surface area contributed by atoms with E-state index in [1.165, 1.54) is 5.56 Å². The summed E-state index contributed by atoms with van der Waals surface area (Å²) in [6.45, 7) is 9.87. The summed E-state index contributed by atoms with van der Waals surface area (Å²) in [5, 5.41) is 0. The van der Waals surface area contributed by atoms with Gasteiger partial charge in [0, 0.05) is 5.92 Å². The van der Waals surface area contributed by atoms with Crippen molar-refractivity contribution in [2.75, 3.05) is 0 Å². The fourth-order valence-electron chi connectivity index (χ4n) is 2.96. The number of ether oxygens (including phenoxy) is 1. The molecule has 1 aliphatic heterocycles. The lowest BCUT2D eigenvalue weighted by Crippen LogP contribution is -2.41. The Hall–Kier alpha value is -2.09. The first-order valence-corrected chi connectivity index (χ1v) is 8.28. The normalized spacial score (nSPS) is 23.5. The number of para-hydroxylation sites is 1. The second-order valence-corrected chi connectivity index (χ2v) is 5.64. The van der Waals surface area contributed by atoms with Crippen LogP contribution >= 0.6 is 0 Å². The minimum Gasteiger partial charge on any atom is -0.462 e. The summed E-state index contributed by atoms with van der Waals surface area (Å²) in [5.41, 5.74) is 2.46. The van der Waals surface area contributed by atoms with Gasteiger partial charge < -0.3 is 4.74 Å². The van der Waals surface area contributed by atoms with Gasteiger partial charge in [0.15, 0.2) is 0 Å². The Bertz CT molecular complexity index is 635. The van der Waals surface area contributed by atoms with Crippen molar-refractivity contribution in [2.24, 2.45) is 5.92 Å². The molecule has 2 heteroatoms. The zero-order valence-electron chi connectivity index (χ0n) is 14.1. The van der Waals surface area contributed by atoms with Gasteiger partial charge in [0.1, 0.15) is 17.7 Å². The average Bonchev–Trinajstić information content (AvgIpc) is 2.56. The molecule has 0 aromatic heterocycles. The van der Waals surface area contributed by atoms with Crippen molar-refractivity contribution < 1.29 is 9.13 Å². The number of allylic oxidation sites excluding steroid dienone is 1. The van der Waals surface area contributed by atoms with E-state index in [0.717, 1.165) is 11.3 Å². The Morgan fingerprint density at radius 3 is 2.17 bits per heavy atom. The van der Waals surface area contributed by atoms with E-state index >= 15 is 0 Å². The van der Waals surface area contributed by atoms with Crippen molar-refractivity contribution in [3.63, 3.8) is 0 Å². The molecule has 0 N–H and O–H groups in total. The van der Waals surface area contributed by atoms with Crippen molar-refractivity contribution in [2.45, 2.75) is 39.3 Å². The Morgan fingerprint density at radius 2 is 1.61 bits per heavy atom. The summed E-state index contributed by atoms with van der Waals surface area (Å²) in [6, 6.07) is 18.1. The molecule has 23 heavy (non-hydrogen) atoms. The van der Waals surface area contributed by atoms with Crippen LogP contribution < -0.4 is 4.74 Å². The fraction of sp³-hybridized carbons (Fsp3) is 0.333. The van der Waals surface area contributed by atoms with Gasteiger partial charge in [-0.1, -0.05) is 74.5 Å². The molecule has 0 radical (unpaired) electrons. The first-order chi connectivity index (χ1) is 11.2. The molecule has 1 fully saturated rings. The van der Waals surface area contributed by atoms with Gasteiger partial charge in [-0.25, -0.2) is 4.39 Å². The minimum atomic E-state index is -0.763. The number of rotatable bonds is 0. The Morgan fingerprint density at radius 1 is 1.00 bits per heavy atom. The third kappa shape index (κ3) is 3.82. The lowest BCUT2D eigenvalue weighted by molar-refractivity contribution is 0.0639. The molecule has 2 aromatic carbocycles. The van der Waals surface area contributed by atoms with E-state index in [-0.39, 0.29) is 5.92 Å². The molecule has 4 rings (SSSR count). The number of benzene rings is 2. The molecule has 2 aliphatic rings. The second-order valence-electron chi connectivity index (χ2n) is 5.64. The summed E-state index contributed by atoms with van der Waals surface area (Å²) in [6.07, 6.45) is -0.148. The van der Waals surface area contributed by atoms with Crippen LogP contribution in [0.4, 0.5) is 4.39 Å². The van der Waals surface area contributed by atoms with Crippen molar-refractivity contribution in [1.82, 2.24) is 0 Å². The molecule has 3 atom stereocenters. The zero-order chi connectivity index (χ0) is 16.8. The van der Waals surface area contributed by atoms with Crippen LogP contribution in [0.25, 0.3) is 0 Å². The van der Waals surface area contributed by atoms with Gasteiger partial charge in [-0.05, 0) is 25.0 Å². The topological polar surface area (TPSA) is 9.23 Å². The molecule has 0 spiro atoms. The third-order valence-corrected chi connectivity index (χ3v) is 4.17. The molecular formula is C21H25FO. The minimum absolute atomic E-state index is 0.107. The highest BCUT2D eigenvalue weighted by Gasteiger charge is 2.48. The van der Waals surface area contributed by atoms with Crippen LogP contribution in [0.1, 0.15) is 37.3 Å². The molecule has 2 aromatic rings.